The quantitative estimate of drug-likeness (QED) is 0.815. The van der Waals surface area contributed by atoms with Crippen molar-refractivity contribution in [3.8, 4) is 0 Å². The Balaban J connectivity index is 2.08. The van der Waals surface area contributed by atoms with E-state index in [4.69, 9.17) is 23.2 Å². The Kier molecular flexibility index (Phi) is 4.02. The van der Waals surface area contributed by atoms with Crippen molar-refractivity contribution in [3.05, 3.63) is 33.8 Å². The Morgan fingerprint density at radius 3 is 2.47 bits per heavy atom. The summed E-state index contributed by atoms with van der Waals surface area (Å²) in [6.07, 6.45) is 5.11. The topological polar surface area (TPSA) is 12.0 Å². The van der Waals surface area contributed by atoms with Crippen LogP contribution in [-0.4, -0.2) is 5.54 Å². The maximum Gasteiger partial charge on any atom is 0.0595 e. The van der Waals surface area contributed by atoms with Crippen LogP contribution in [0.1, 0.15) is 51.1 Å². The Morgan fingerprint density at radius 1 is 1.29 bits per heavy atom. The van der Waals surface area contributed by atoms with Crippen LogP contribution in [0.5, 0.6) is 0 Å². The molecule has 1 aromatic carbocycles. The summed E-state index contributed by atoms with van der Waals surface area (Å²) in [6, 6.07) is 6.21. The van der Waals surface area contributed by atoms with Crippen LogP contribution in [0.4, 0.5) is 0 Å². The normalized spacial score (nSPS) is 19.8. The summed E-state index contributed by atoms with van der Waals surface area (Å²) in [5, 5.41) is 5.00. The van der Waals surface area contributed by atoms with Gasteiger partial charge in [-0.2, -0.15) is 0 Å². The summed E-state index contributed by atoms with van der Waals surface area (Å²) in [4.78, 5) is 0. The third kappa shape index (κ3) is 2.78. The number of hydrogen-bond acceptors (Lipinski definition) is 1. The molecule has 0 aromatic heterocycles. The predicted octanol–water partition coefficient (Wildman–Crippen LogP) is 4.98. The lowest BCUT2D eigenvalue weighted by Crippen LogP contribution is -2.51. The number of nitrogens with one attached hydrogen (secondary N) is 1. The first-order valence-corrected chi connectivity index (χ1v) is 7.04. The van der Waals surface area contributed by atoms with Crippen molar-refractivity contribution >= 4 is 23.2 Å². The second kappa shape index (κ2) is 5.17. The summed E-state index contributed by atoms with van der Waals surface area (Å²) in [6.45, 7) is 4.45. The second-order valence-electron chi connectivity index (χ2n) is 5.03. The fraction of sp³-hybridized carbons (Fsp3) is 0.571. The molecule has 1 atom stereocenters. The summed E-state index contributed by atoms with van der Waals surface area (Å²) in [5.74, 6) is 0. The van der Waals surface area contributed by atoms with Gasteiger partial charge < -0.3 is 5.32 Å². The van der Waals surface area contributed by atoms with Crippen LogP contribution in [0.25, 0.3) is 0 Å². The summed E-state index contributed by atoms with van der Waals surface area (Å²) >= 11 is 12.0. The van der Waals surface area contributed by atoms with Crippen LogP contribution >= 0.6 is 23.2 Å². The molecule has 94 valence electrons. The van der Waals surface area contributed by atoms with E-state index in [-0.39, 0.29) is 0 Å². The molecule has 1 saturated carbocycles. The third-order valence-electron chi connectivity index (χ3n) is 3.95. The molecule has 1 fully saturated rings. The molecular weight excluding hydrogens is 253 g/mol. The third-order valence-corrected chi connectivity index (χ3v) is 4.69. The van der Waals surface area contributed by atoms with E-state index >= 15 is 0 Å². The van der Waals surface area contributed by atoms with E-state index in [0.29, 0.717) is 21.6 Å². The molecule has 3 heteroatoms. The van der Waals surface area contributed by atoms with Gasteiger partial charge in [0.25, 0.3) is 0 Å². The molecule has 1 aromatic rings. The predicted molar refractivity (Wildman–Crippen MR) is 74.9 cm³/mol. The van der Waals surface area contributed by atoms with Gasteiger partial charge in [-0.15, -0.1) is 0 Å². The molecule has 1 aliphatic rings. The minimum atomic E-state index is 0.324. The number of hydrogen-bond donors (Lipinski definition) is 1. The molecule has 0 aliphatic heterocycles. The van der Waals surface area contributed by atoms with Gasteiger partial charge in [-0.1, -0.05) is 36.2 Å². The minimum absolute atomic E-state index is 0.324. The highest BCUT2D eigenvalue weighted by Crippen LogP contribution is 2.37. The molecule has 1 unspecified atom stereocenters. The van der Waals surface area contributed by atoms with Crippen molar-refractivity contribution in [2.45, 2.75) is 51.1 Å². The van der Waals surface area contributed by atoms with E-state index in [1.165, 1.54) is 31.2 Å². The lowest BCUT2D eigenvalue weighted by molar-refractivity contribution is 0.160. The van der Waals surface area contributed by atoms with Crippen molar-refractivity contribution in [2.75, 3.05) is 0 Å². The number of halogens is 2. The Morgan fingerprint density at radius 2 is 2.00 bits per heavy atom. The maximum atomic E-state index is 6.05. The zero-order chi connectivity index (χ0) is 12.5. The first-order valence-electron chi connectivity index (χ1n) is 6.29. The fourth-order valence-electron chi connectivity index (χ4n) is 2.53. The Bertz CT molecular complexity index is 394. The lowest BCUT2D eigenvalue weighted by atomic mass is 9.74. The van der Waals surface area contributed by atoms with E-state index in [9.17, 15) is 0 Å². The monoisotopic (exact) mass is 271 g/mol. The van der Waals surface area contributed by atoms with Gasteiger partial charge in [0.2, 0.25) is 0 Å². The first kappa shape index (κ1) is 13.2. The van der Waals surface area contributed by atoms with Crippen LogP contribution in [0.2, 0.25) is 10.0 Å². The largest absolute Gasteiger partial charge is 0.305 e. The highest BCUT2D eigenvalue weighted by atomic mass is 35.5. The van der Waals surface area contributed by atoms with Crippen molar-refractivity contribution in [3.63, 3.8) is 0 Å². The van der Waals surface area contributed by atoms with Gasteiger partial charge in [-0.3, -0.25) is 0 Å². The summed E-state index contributed by atoms with van der Waals surface area (Å²) < 4.78 is 0. The van der Waals surface area contributed by atoms with Gasteiger partial charge in [0.15, 0.2) is 0 Å². The molecular formula is C14H19Cl2N. The minimum Gasteiger partial charge on any atom is -0.305 e. The Labute approximate surface area is 114 Å². The van der Waals surface area contributed by atoms with Gasteiger partial charge in [-0.25, -0.2) is 0 Å². The molecule has 0 bridgehead atoms. The lowest BCUT2D eigenvalue weighted by Gasteiger charge is -2.44. The number of rotatable bonds is 4. The highest BCUT2D eigenvalue weighted by Gasteiger charge is 2.35. The van der Waals surface area contributed by atoms with Gasteiger partial charge in [-0.05, 0) is 50.3 Å². The molecule has 2 rings (SSSR count). The van der Waals surface area contributed by atoms with Crippen LogP contribution in [0.15, 0.2) is 18.2 Å². The molecule has 1 aliphatic carbocycles. The standard InChI is InChI=1S/C14H19Cl2N/c1-3-14(7-4-8-14)17-10(2)11-5-6-12(15)13(16)9-11/h5-6,9-10,17H,3-4,7-8H2,1-2H3. The molecule has 1 nitrogen and oxygen atoms in total. The molecule has 17 heavy (non-hydrogen) atoms. The van der Waals surface area contributed by atoms with E-state index in [2.05, 4.69) is 19.2 Å². The molecule has 0 spiro atoms. The molecule has 0 saturated heterocycles. The zero-order valence-electron chi connectivity index (χ0n) is 10.4. The zero-order valence-corrected chi connectivity index (χ0v) is 11.9. The van der Waals surface area contributed by atoms with E-state index < -0.39 is 0 Å². The van der Waals surface area contributed by atoms with Gasteiger partial charge >= 0.3 is 0 Å². The van der Waals surface area contributed by atoms with E-state index in [1.807, 2.05) is 18.2 Å². The molecule has 0 heterocycles. The second-order valence-corrected chi connectivity index (χ2v) is 5.84. The summed E-state index contributed by atoms with van der Waals surface area (Å²) in [5.41, 5.74) is 1.56. The summed E-state index contributed by atoms with van der Waals surface area (Å²) in [7, 11) is 0. The maximum absolute atomic E-state index is 6.05. The van der Waals surface area contributed by atoms with Gasteiger partial charge in [0.1, 0.15) is 0 Å². The average Bonchev–Trinajstić information content (AvgIpc) is 2.27. The van der Waals surface area contributed by atoms with Crippen molar-refractivity contribution in [2.24, 2.45) is 0 Å². The van der Waals surface area contributed by atoms with Gasteiger partial charge in [0, 0.05) is 11.6 Å². The molecule has 0 radical (unpaired) electrons. The first-order chi connectivity index (χ1) is 8.06. The average molecular weight is 272 g/mol. The van der Waals surface area contributed by atoms with Crippen LogP contribution in [0, 0.1) is 0 Å². The van der Waals surface area contributed by atoms with Crippen LogP contribution in [0.3, 0.4) is 0 Å². The fourth-order valence-corrected chi connectivity index (χ4v) is 2.83. The Hall–Kier alpha value is -0.240. The van der Waals surface area contributed by atoms with E-state index in [1.54, 1.807) is 0 Å². The SMILES string of the molecule is CCC1(NC(C)c2ccc(Cl)c(Cl)c2)CCC1. The van der Waals surface area contributed by atoms with Gasteiger partial charge in [0.05, 0.1) is 10.0 Å². The van der Waals surface area contributed by atoms with Crippen molar-refractivity contribution in [1.82, 2.24) is 5.32 Å². The molecule has 1 N–H and O–H groups in total. The highest BCUT2D eigenvalue weighted by molar-refractivity contribution is 6.42. The van der Waals surface area contributed by atoms with E-state index in [0.717, 1.165) is 0 Å². The number of benzene rings is 1. The molecule has 0 amide bonds. The van der Waals surface area contributed by atoms with Crippen LogP contribution in [-0.2, 0) is 0 Å². The van der Waals surface area contributed by atoms with Crippen molar-refractivity contribution < 1.29 is 0 Å². The smallest absolute Gasteiger partial charge is 0.0595 e. The van der Waals surface area contributed by atoms with Crippen LogP contribution < -0.4 is 5.32 Å². The van der Waals surface area contributed by atoms with Crippen molar-refractivity contribution in [1.29, 1.82) is 0 Å².